The number of hydrogen-bond donors (Lipinski definition) is 1. The van der Waals surface area contributed by atoms with Crippen LogP contribution in [-0.2, 0) is 16.6 Å². The van der Waals surface area contributed by atoms with E-state index in [0.717, 1.165) is 19.6 Å². The number of amides is 1. The van der Waals surface area contributed by atoms with Crippen molar-refractivity contribution in [2.45, 2.75) is 18.4 Å². The number of carbonyl (C=O) groups excluding carboxylic acids is 1. The van der Waals surface area contributed by atoms with E-state index in [1.807, 2.05) is 12.1 Å². The molecule has 0 unspecified atom stereocenters. The van der Waals surface area contributed by atoms with Crippen LogP contribution in [0.15, 0.2) is 53.7 Å². The Morgan fingerprint density at radius 3 is 2.48 bits per heavy atom. The fourth-order valence-electron chi connectivity index (χ4n) is 3.11. The van der Waals surface area contributed by atoms with Gasteiger partial charge in [0.2, 0.25) is 10.0 Å². The van der Waals surface area contributed by atoms with Crippen LogP contribution in [0.5, 0.6) is 0 Å². The summed E-state index contributed by atoms with van der Waals surface area (Å²) in [6.07, 6.45) is 3.56. The summed E-state index contributed by atoms with van der Waals surface area (Å²) in [5.74, 6) is -0.132. The van der Waals surface area contributed by atoms with Gasteiger partial charge in [-0.3, -0.25) is 14.7 Å². The SMILES string of the molecule is CCNS(=O)(=O)c1cccc(C(=O)N2CCN(Cc3ccncc3)CC2)c1. The first-order valence-corrected chi connectivity index (χ1v) is 10.5. The highest BCUT2D eigenvalue weighted by atomic mass is 32.2. The monoisotopic (exact) mass is 388 g/mol. The third-order valence-corrected chi connectivity index (χ3v) is 6.08. The highest BCUT2D eigenvalue weighted by molar-refractivity contribution is 7.89. The first kappa shape index (κ1) is 19.5. The molecule has 3 rings (SSSR count). The number of carbonyl (C=O) groups is 1. The summed E-state index contributed by atoms with van der Waals surface area (Å²) in [6.45, 7) is 5.66. The summed E-state index contributed by atoms with van der Waals surface area (Å²) < 4.78 is 26.8. The maximum absolute atomic E-state index is 12.8. The van der Waals surface area contributed by atoms with Gasteiger partial charge in [-0.25, -0.2) is 13.1 Å². The van der Waals surface area contributed by atoms with Crippen LogP contribution in [0.2, 0.25) is 0 Å². The van der Waals surface area contributed by atoms with E-state index < -0.39 is 10.0 Å². The van der Waals surface area contributed by atoms with Gasteiger partial charge in [-0.05, 0) is 35.9 Å². The quantitative estimate of drug-likeness (QED) is 0.807. The second kappa shape index (κ2) is 8.60. The maximum Gasteiger partial charge on any atom is 0.253 e. The number of pyridine rings is 1. The molecule has 1 saturated heterocycles. The molecule has 1 fully saturated rings. The molecular formula is C19H24N4O3S. The number of nitrogens with zero attached hydrogens (tertiary/aromatic N) is 3. The molecule has 27 heavy (non-hydrogen) atoms. The molecule has 7 nitrogen and oxygen atoms in total. The topological polar surface area (TPSA) is 82.6 Å². The number of sulfonamides is 1. The smallest absolute Gasteiger partial charge is 0.253 e. The molecule has 1 aromatic heterocycles. The Hall–Kier alpha value is -2.29. The largest absolute Gasteiger partial charge is 0.336 e. The molecular weight excluding hydrogens is 364 g/mol. The van der Waals surface area contributed by atoms with E-state index >= 15 is 0 Å². The minimum Gasteiger partial charge on any atom is -0.336 e. The molecule has 2 aromatic rings. The Morgan fingerprint density at radius 1 is 1.11 bits per heavy atom. The average molecular weight is 388 g/mol. The molecule has 0 radical (unpaired) electrons. The van der Waals surface area contributed by atoms with Crippen LogP contribution in [0.25, 0.3) is 0 Å². The van der Waals surface area contributed by atoms with Crippen LogP contribution in [0.1, 0.15) is 22.8 Å². The van der Waals surface area contributed by atoms with Crippen molar-refractivity contribution in [1.29, 1.82) is 0 Å². The molecule has 0 saturated carbocycles. The number of piperazine rings is 1. The third-order valence-electron chi connectivity index (χ3n) is 4.54. The fraction of sp³-hybridized carbons (Fsp3) is 0.368. The number of nitrogens with one attached hydrogen (secondary N) is 1. The van der Waals surface area contributed by atoms with Crippen molar-refractivity contribution in [1.82, 2.24) is 19.5 Å². The predicted octanol–water partition coefficient (Wildman–Crippen LogP) is 1.34. The van der Waals surface area contributed by atoms with Crippen molar-refractivity contribution in [3.63, 3.8) is 0 Å². The van der Waals surface area contributed by atoms with Gasteiger partial charge < -0.3 is 4.90 Å². The zero-order chi connectivity index (χ0) is 19.3. The highest BCUT2D eigenvalue weighted by Gasteiger charge is 2.23. The summed E-state index contributed by atoms with van der Waals surface area (Å²) in [4.78, 5) is 21.0. The van der Waals surface area contributed by atoms with Crippen molar-refractivity contribution >= 4 is 15.9 Å². The van der Waals surface area contributed by atoms with Crippen molar-refractivity contribution in [2.75, 3.05) is 32.7 Å². The highest BCUT2D eigenvalue weighted by Crippen LogP contribution is 2.15. The molecule has 1 aliphatic heterocycles. The first-order chi connectivity index (χ1) is 13.0. The number of benzene rings is 1. The Bertz CT molecular complexity index is 879. The van der Waals surface area contributed by atoms with Crippen LogP contribution >= 0.6 is 0 Å². The molecule has 0 aliphatic carbocycles. The average Bonchev–Trinajstić information content (AvgIpc) is 2.69. The fourth-order valence-corrected chi connectivity index (χ4v) is 4.19. The minimum atomic E-state index is -3.57. The van der Waals surface area contributed by atoms with Gasteiger partial charge >= 0.3 is 0 Å². The van der Waals surface area contributed by atoms with E-state index in [9.17, 15) is 13.2 Å². The second-order valence-electron chi connectivity index (χ2n) is 6.45. The summed E-state index contributed by atoms with van der Waals surface area (Å²) in [7, 11) is -3.57. The van der Waals surface area contributed by atoms with Gasteiger partial charge in [0.25, 0.3) is 5.91 Å². The van der Waals surface area contributed by atoms with Gasteiger partial charge in [0.05, 0.1) is 4.90 Å². The normalized spacial score (nSPS) is 15.7. The van der Waals surface area contributed by atoms with E-state index in [-0.39, 0.29) is 10.8 Å². The molecule has 144 valence electrons. The predicted molar refractivity (Wildman–Crippen MR) is 103 cm³/mol. The number of aromatic nitrogens is 1. The molecule has 0 atom stereocenters. The van der Waals surface area contributed by atoms with Crippen LogP contribution in [-0.4, -0.2) is 61.8 Å². The van der Waals surface area contributed by atoms with Gasteiger partial charge in [-0.15, -0.1) is 0 Å². The van der Waals surface area contributed by atoms with Gasteiger partial charge in [-0.2, -0.15) is 0 Å². The lowest BCUT2D eigenvalue weighted by atomic mass is 10.1. The van der Waals surface area contributed by atoms with E-state index in [1.54, 1.807) is 36.4 Å². The van der Waals surface area contributed by atoms with E-state index in [0.29, 0.717) is 25.2 Å². The Labute approximate surface area is 160 Å². The number of hydrogen-bond acceptors (Lipinski definition) is 5. The van der Waals surface area contributed by atoms with Crippen LogP contribution in [0.4, 0.5) is 0 Å². The van der Waals surface area contributed by atoms with Gasteiger partial charge in [0.1, 0.15) is 0 Å². The standard InChI is InChI=1S/C19H24N4O3S/c1-2-21-27(25,26)18-5-3-4-17(14-18)19(24)23-12-10-22(11-13-23)15-16-6-8-20-9-7-16/h3-9,14,21H,2,10-13,15H2,1H3. The van der Waals surface area contributed by atoms with E-state index in [4.69, 9.17) is 0 Å². The summed E-state index contributed by atoms with van der Waals surface area (Å²) in [6, 6.07) is 10.2. The van der Waals surface area contributed by atoms with Crippen LogP contribution < -0.4 is 4.72 Å². The van der Waals surface area contributed by atoms with Crippen molar-refractivity contribution in [3.8, 4) is 0 Å². The number of rotatable bonds is 6. The summed E-state index contributed by atoms with van der Waals surface area (Å²) in [5.41, 5.74) is 1.60. The van der Waals surface area contributed by atoms with Crippen molar-refractivity contribution in [3.05, 3.63) is 59.9 Å². The molecule has 0 spiro atoms. The van der Waals surface area contributed by atoms with Crippen LogP contribution in [0, 0.1) is 0 Å². The molecule has 1 aromatic carbocycles. The first-order valence-electron chi connectivity index (χ1n) is 9.00. The summed E-state index contributed by atoms with van der Waals surface area (Å²) in [5, 5.41) is 0. The van der Waals surface area contributed by atoms with Crippen molar-refractivity contribution in [2.24, 2.45) is 0 Å². The Morgan fingerprint density at radius 2 is 1.81 bits per heavy atom. The van der Waals surface area contributed by atoms with Gasteiger partial charge in [-0.1, -0.05) is 13.0 Å². The lowest BCUT2D eigenvalue weighted by molar-refractivity contribution is 0.0628. The van der Waals surface area contributed by atoms with Crippen molar-refractivity contribution < 1.29 is 13.2 Å². The van der Waals surface area contributed by atoms with Gasteiger partial charge in [0.15, 0.2) is 0 Å². The zero-order valence-electron chi connectivity index (χ0n) is 15.3. The van der Waals surface area contributed by atoms with Crippen LogP contribution in [0.3, 0.4) is 0 Å². The maximum atomic E-state index is 12.8. The molecule has 0 bridgehead atoms. The molecule has 1 amide bonds. The zero-order valence-corrected chi connectivity index (χ0v) is 16.2. The Balaban J connectivity index is 1.62. The third kappa shape index (κ3) is 4.91. The lowest BCUT2D eigenvalue weighted by Gasteiger charge is -2.34. The minimum absolute atomic E-state index is 0.117. The van der Waals surface area contributed by atoms with E-state index in [2.05, 4.69) is 14.6 Å². The van der Waals surface area contributed by atoms with E-state index in [1.165, 1.54) is 17.7 Å². The molecule has 8 heteroatoms. The summed E-state index contributed by atoms with van der Waals surface area (Å²) >= 11 is 0. The van der Waals surface area contributed by atoms with Gasteiger partial charge in [0, 0.05) is 57.2 Å². The Kier molecular flexibility index (Phi) is 6.20. The molecule has 1 aliphatic rings. The second-order valence-corrected chi connectivity index (χ2v) is 8.22. The lowest BCUT2D eigenvalue weighted by Crippen LogP contribution is -2.48. The molecule has 1 N–H and O–H groups in total. The molecule has 2 heterocycles.